The zero-order valence-electron chi connectivity index (χ0n) is 19.9. The van der Waals surface area contributed by atoms with Gasteiger partial charge in [0.05, 0.1) is 18.2 Å². The molecule has 3 aromatic heterocycles. The predicted octanol–water partition coefficient (Wildman–Crippen LogP) is 3.92. The molecule has 0 amide bonds. The highest BCUT2D eigenvalue weighted by atomic mass is 16.5. The normalized spacial score (nSPS) is 13.8. The molecule has 0 bridgehead atoms. The minimum absolute atomic E-state index is 0.228. The molecule has 4 aromatic rings. The number of pyridine rings is 2. The third kappa shape index (κ3) is 4.95. The Bertz CT molecular complexity index is 1400. The van der Waals surface area contributed by atoms with Gasteiger partial charge in [-0.1, -0.05) is 0 Å². The topological polar surface area (TPSA) is 105 Å². The first-order chi connectivity index (χ1) is 17.1. The Hall–Kier alpha value is -3.98. The number of fused-ring (bicyclic) bond motifs is 1. The first-order valence-corrected chi connectivity index (χ1v) is 11.7. The number of H-pyrrole nitrogens is 1. The van der Waals surface area contributed by atoms with Crippen LogP contribution in [0.3, 0.4) is 0 Å². The maximum absolute atomic E-state index is 12.7. The first-order valence-electron chi connectivity index (χ1n) is 11.7. The van der Waals surface area contributed by atoms with Crippen LogP contribution in [0.5, 0.6) is 11.6 Å². The van der Waals surface area contributed by atoms with Crippen LogP contribution in [-0.4, -0.2) is 58.2 Å². The molecule has 1 aromatic carbocycles. The van der Waals surface area contributed by atoms with E-state index >= 15 is 0 Å². The van der Waals surface area contributed by atoms with Crippen molar-refractivity contribution in [1.82, 2.24) is 24.8 Å². The molecule has 0 aliphatic carbocycles. The molecule has 9 heteroatoms. The van der Waals surface area contributed by atoms with Gasteiger partial charge >= 0.3 is 0 Å². The summed E-state index contributed by atoms with van der Waals surface area (Å²) in [6.07, 6.45) is 7.31. The summed E-state index contributed by atoms with van der Waals surface area (Å²) in [6.45, 7) is 5.93. The zero-order valence-corrected chi connectivity index (χ0v) is 19.9. The van der Waals surface area contributed by atoms with Crippen LogP contribution in [0.1, 0.15) is 18.4 Å². The number of nitrogens with zero attached hydrogens (tertiary/aromatic N) is 4. The average molecular weight is 473 g/mol. The second-order valence-electron chi connectivity index (χ2n) is 8.54. The molecule has 35 heavy (non-hydrogen) atoms. The quantitative estimate of drug-likeness (QED) is 0.398. The Morgan fingerprint density at radius 3 is 2.74 bits per heavy atom. The molecule has 1 aliphatic heterocycles. The van der Waals surface area contributed by atoms with Crippen LogP contribution in [-0.2, 0) is 0 Å². The van der Waals surface area contributed by atoms with Gasteiger partial charge in [-0.2, -0.15) is 0 Å². The van der Waals surface area contributed by atoms with Crippen LogP contribution >= 0.6 is 0 Å². The Morgan fingerprint density at radius 1 is 1.11 bits per heavy atom. The molecule has 1 saturated heterocycles. The fourth-order valence-corrected chi connectivity index (χ4v) is 4.39. The zero-order chi connectivity index (χ0) is 24.2. The molecule has 1 fully saturated rings. The van der Waals surface area contributed by atoms with Gasteiger partial charge in [0, 0.05) is 30.8 Å². The van der Waals surface area contributed by atoms with Gasteiger partial charge in [0.15, 0.2) is 5.69 Å². The number of nitrogens with one attached hydrogen (secondary N) is 2. The summed E-state index contributed by atoms with van der Waals surface area (Å²) < 4.78 is 11.4. The van der Waals surface area contributed by atoms with Crippen molar-refractivity contribution >= 4 is 22.3 Å². The average Bonchev–Trinajstić information content (AvgIpc) is 3.39. The number of likely N-dealkylation sites (tertiary alicyclic amines) is 1. The minimum Gasteiger partial charge on any atom is -0.492 e. The molecule has 0 atom stereocenters. The van der Waals surface area contributed by atoms with Crippen molar-refractivity contribution in [3.8, 4) is 23.0 Å². The van der Waals surface area contributed by atoms with Crippen molar-refractivity contribution in [3.05, 3.63) is 64.8 Å². The number of aromatic nitrogens is 4. The van der Waals surface area contributed by atoms with Crippen molar-refractivity contribution in [2.24, 2.45) is 0 Å². The first kappa shape index (κ1) is 22.8. The number of aryl methyl sites for hydroxylation is 1. The van der Waals surface area contributed by atoms with Crippen LogP contribution in [0.15, 0.2) is 53.7 Å². The Balaban J connectivity index is 1.44. The monoisotopic (exact) mass is 472 g/mol. The largest absolute Gasteiger partial charge is 0.492 e. The number of methoxy groups -OCH3 is 1. The van der Waals surface area contributed by atoms with E-state index in [1.807, 2.05) is 37.3 Å². The highest BCUT2D eigenvalue weighted by Gasteiger charge is 2.16. The molecule has 4 heterocycles. The number of anilines is 2. The maximum atomic E-state index is 12.7. The number of ether oxygens (including phenoxy) is 2. The van der Waals surface area contributed by atoms with E-state index in [4.69, 9.17) is 14.5 Å². The van der Waals surface area contributed by atoms with Crippen LogP contribution in [0, 0.1) is 6.92 Å². The number of hydrogen-bond donors (Lipinski definition) is 2. The van der Waals surface area contributed by atoms with E-state index in [-0.39, 0.29) is 5.56 Å². The van der Waals surface area contributed by atoms with E-state index < -0.39 is 0 Å². The van der Waals surface area contributed by atoms with Crippen molar-refractivity contribution in [1.29, 1.82) is 0 Å². The van der Waals surface area contributed by atoms with Gasteiger partial charge in [-0.3, -0.25) is 9.69 Å². The number of hydrogen-bond acceptors (Lipinski definition) is 8. The highest BCUT2D eigenvalue weighted by Crippen LogP contribution is 2.31. The number of benzene rings is 1. The second kappa shape index (κ2) is 10.1. The summed E-state index contributed by atoms with van der Waals surface area (Å²) in [4.78, 5) is 31.2. The fourth-order valence-electron chi connectivity index (χ4n) is 4.39. The van der Waals surface area contributed by atoms with Crippen molar-refractivity contribution < 1.29 is 9.47 Å². The molecule has 1 aliphatic rings. The van der Waals surface area contributed by atoms with E-state index in [2.05, 4.69) is 25.2 Å². The lowest BCUT2D eigenvalue weighted by atomic mass is 10.1. The Kier molecular flexibility index (Phi) is 6.58. The van der Waals surface area contributed by atoms with Crippen molar-refractivity contribution in [2.75, 3.05) is 38.7 Å². The Morgan fingerprint density at radius 2 is 1.94 bits per heavy atom. The molecule has 5 rings (SSSR count). The molecule has 0 unspecified atom stereocenters. The van der Waals surface area contributed by atoms with Gasteiger partial charge < -0.3 is 19.8 Å². The van der Waals surface area contributed by atoms with Crippen molar-refractivity contribution in [3.63, 3.8) is 0 Å². The standard InChI is InChI=1S/C26H28N6O3/c1-17-15-19(5-6-21(17)35-14-13-32-11-3-4-12-32)30-24-22-18(7-8-28-25(22)33)16-20(31-24)23-26(34-2)29-10-9-27-23/h5-10,15-16H,3-4,11-14H2,1-2H3,(H,28,33)(H,30,31). The van der Waals surface area contributed by atoms with Crippen molar-refractivity contribution in [2.45, 2.75) is 19.8 Å². The minimum atomic E-state index is -0.228. The summed E-state index contributed by atoms with van der Waals surface area (Å²) in [5.41, 5.74) is 2.62. The summed E-state index contributed by atoms with van der Waals surface area (Å²) in [5.74, 6) is 1.64. The van der Waals surface area contributed by atoms with E-state index in [1.54, 1.807) is 18.6 Å². The molecule has 0 spiro atoms. The lowest BCUT2D eigenvalue weighted by molar-refractivity contribution is 0.237. The van der Waals surface area contributed by atoms with Crippen LogP contribution < -0.4 is 20.3 Å². The highest BCUT2D eigenvalue weighted by molar-refractivity contribution is 5.95. The summed E-state index contributed by atoms with van der Waals surface area (Å²) >= 11 is 0. The van der Waals surface area contributed by atoms with Gasteiger partial charge in [0.25, 0.3) is 5.56 Å². The molecular weight excluding hydrogens is 444 g/mol. The van der Waals surface area contributed by atoms with Crippen LogP contribution in [0.25, 0.3) is 22.2 Å². The fraction of sp³-hybridized carbons (Fsp3) is 0.308. The van der Waals surface area contributed by atoms with E-state index in [1.165, 1.54) is 20.0 Å². The lowest BCUT2D eigenvalue weighted by Gasteiger charge is -2.17. The van der Waals surface area contributed by atoms with Gasteiger partial charge in [0.1, 0.15) is 18.2 Å². The SMILES string of the molecule is COc1nccnc1-c1cc2cc[nH]c(=O)c2c(Nc2ccc(OCCN3CCCC3)c(C)c2)n1. The van der Waals surface area contributed by atoms with E-state index in [0.29, 0.717) is 35.1 Å². The van der Waals surface area contributed by atoms with Gasteiger partial charge in [-0.15, -0.1) is 0 Å². The summed E-state index contributed by atoms with van der Waals surface area (Å²) in [5, 5.41) is 4.51. The molecular formula is C26H28N6O3. The molecule has 2 N–H and O–H groups in total. The van der Waals surface area contributed by atoms with Gasteiger partial charge in [0.2, 0.25) is 5.88 Å². The third-order valence-corrected chi connectivity index (χ3v) is 6.16. The van der Waals surface area contributed by atoms with E-state index in [9.17, 15) is 4.79 Å². The number of rotatable bonds is 8. The third-order valence-electron chi connectivity index (χ3n) is 6.16. The molecule has 0 saturated carbocycles. The molecule has 180 valence electrons. The maximum Gasteiger partial charge on any atom is 0.259 e. The summed E-state index contributed by atoms with van der Waals surface area (Å²) in [6, 6.07) is 9.51. The predicted molar refractivity (Wildman–Crippen MR) is 136 cm³/mol. The second-order valence-corrected chi connectivity index (χ2v) is 8.54. The molecule has 9 nitrogen and oxygen atoms in total. The number of aromatic amines is 1. The lowest BCUT2D eigenvalue weighted by Crippen LogP contribution is -2.25. The molecule has 0 radical (unpaired) electrons. The smallest absolute Gasteiger partial charge is 0.259 e. The van der Waals surface area contributed by atoms with Crippen LogP contribution in [0.4, 0.5) is 11.5 Å². The van der Waals surface area contributed by atoms with Crippen LogP contribution in [0.2, 0.25) is 0 Å². The van der Waals surface area contributed by atoms with Gasteiger partial charge in [-0.25, -0.2) is 15.0 Å². The van der Waals surface area contributed by atoms with Gasteiger partial charge in [-0.05, 0) is 74.1 Å². The summed E-state index contributed by atoms with van der Waals surface area (Å²) in [7, 11) is 1.54. The van der Waals surface area contributed by atoms with E-state index in [0.717, 1.165) is 42.0 Å². The Labute approximate surface area is 203 Å².